The maximum atomic E-state index is 14.9. The first kappa shape index (κ1) is 22.7. The lowest BCUT2D eigenvalue weighted by Crippen LogP contribution is -2.56. The lowest BCUT2D eigenvalue weighted by Gasteiger charge is -2.42. The second-order valence-electron chi connectivity index (χ2n) is 8.51. The van der Waals surface area contributed by atoms with Gasteiger partial charge in [0.05, 0.1) is 16.5 Å². The zero-order valence-electron chi connectivity index (χ0n) is 18.1. The quantitative estimate of drug-likeness (QED) is 0.427. The van der Waals surface area contributed by atoms with Crippen molar-refractivity contribution in [2.45, 2.75) is 24.3 Å². The van der Waals surface area contributed by atoms with E-state index in [0.29, 0.717) is 12.1 Å². The summed E-state index contributed by atoms with van der Waals surface area (Å²) in [4.78, 5) is 20.5. The molecule has 1 atom stereocenters. The van der Waals surface area contributed by atoms with Gasteiger partial charge in [-0.2, -0.15) is 0 Å². The normalized spacial score (nSPS) is 17.6. The van der Waals surface area contributed by atoms with Gasteiger partial charge < -0.3 is 9.80 Å². The number of aromatic nitrogens is 1. The molecule has 3 aromatic rings. The molecule has 0 saturated carbocycles. The first-order chi connectivity index (χ1) is 16.3. The summed E-state index contributed by atoms with van der Waals surface area (Å²) in [7, 11) is 0. The summed E-state index contributed by atoms with van der Waals surface area (Å²) in [6, 6.07) is 6.60. The van der Waals surface area contributed by atoms with Crippen molar-refractivity contribution in [2.75, 3.05) is 22.9 Å². The minimum atomic E-state index is -1.17. The predicted molar refractivity (Wildman–Crippen MR) is 122 cm³/mol. The number of halogens is 4. The zero-order chi connectivity index (χ0) is 24.1. The van der Waals surface area contributed by atoms with Gasteiger partial charge in [-0.05, 0) is 61.2 Å². The SMILES string of the molecule is CC1Cc2cc(F)c(SN)cc2N1C(=O)C1CN(c2ccc(-c3cnccc3F)c(F)c2F)C1. The molecule has 2 N–H and O–H groups in total. The molecule has 1 aromatic heterocycles. The average Bonchev–Trinajstić information content (AvgIpc) is 3.10. The minimum absolute atomic E-state index is 0.00774. The van der Waals surface area contributed by atoms with E-state index in [1.54, 1.807) is 15.9 Å². The molecule has 1 saturated heterocycles. The number of pyridine rings is 1. The van der Waals surface area contributed by atoms with E-state index in [4.69, 9.17) is 5.14 Å². The number of amides is 1. The van der Waals surface area contributed by atoms with Crippen molar-refractivity contribution in [1.29, 1.82) is 0 Å². The highest BCUT2D eigenvalue weighted by molar-refractivity contribution is 7.97. The molecule has 2 aromatic carbocycles. The Labute approximate surface area is 197 Å². The van der Waals surface area contributed by atoms with Crippen molar-refractivity contribution >= 4 is 29.2 Å². The van der Waals surface area contributed by atoms with Crippen molar-refractivity contribution < 1.29 is 22.4 Å². The molecule has 0 spiro atoms. The monoisotopic (exact) mass is 488 g/mol. The Morgan fingerprint density at radius 2 is 1.79 bits per heavy atom. The fourth-order valence-corrected chi connectivity index (χ4v) is 4.99. The second-order valence-corrected chi connectivity index (χ2v) is 9.18. The molecule has 3 heterocycles. The molecule has 1 fully saturated rings. The van der Waals surface area contributed by atoms with Gasteiger partial charge in [0.15, 0.2) is 11.6 Å². The van der Waals surface area contributed by atoms with Gasteiger partial charge in [0, 0.05) is 48.3 Å². The third kappa shape index (κ3) is 3.61. The first-order valence-corrected chi connectivity index (χ1v) is 11.5. The molecule has 10 heteroatoms. The number of hydrogen-bond acceptors (Lipinski definition) is 5. The summed E-state index contributed by atoms with van der Waals surface area (Å²) in [5.41, 5.74) is 1.02. The topological polar surface area (TPSA) is 62.5 Å². The molecule has 5 rings (SSSR count). The molecule has 176 valence electrons. The number of benzene rings is 2. The number of anilines is 2. The van der Waals surface area contributed by atoms with Crippen LogP contribution in [0.3, 0.4) is 0 Å². The van der Waals surface area contributed by atoms with Crippen molar-refractivity contribution in [2.24, 2.45) is 11.1 Å². The Hall–Kier alpha value is -3.11. The second kappa shape index (κ2) is 8.59. The average molecular weight is 489 g/mol. The van der Waals surface area contributed by atoms with Crippen LogP contribution in [0.25, 0.3) is 11.1 Å². The molecule has 2 aliphatic rings. The largest absolute Gasteiger partial charge is 0.367 e. The summed E-state index contributed by atoms with van der Waals surface area (Å²) < 4.78 is 57.7. The van der Waals surface area contributed by atoms with E-state index in [1.165, 1.54) is 24.4 Å². The predicted octanol–water partition coefficient (Wildman–Crippen LogP) is 4.68. The van der Waals surface area contributed by atoms with Gasteiger partial charge in [-0.1, -0.05) is 0 Å². The zero-order valence-corrected chi connectivity index (χ0v) is 18.9. The molecule has 0 radical (unpaired) electrons. The summed E-state index contributed by atoms with van der Waals surface area (Å²) >= 11 is 0.780. The van der Waals surface area contributed by atoms with Crippen LogP contribution in [-0.2, 0) is 11.2 Å². The van der Waals surface area contributed by atoms with E-state index < -0.39 is 29.2 Å². The van der Waals surface area contributed by atoms with Gasteiger partial charge in [0.25, 0.3) is 0 Å². The van der Waals surface area contributed by atoms with Crippen LogP contribution in [0.5, 0.6) is 0 Å². The van der Waals surface area contributed by atoms with E-state index in [0.717, 1.165) is 29.8 Å². The third-order valence-electron chi connectivity index (χ3n) is 6.40. The van der Waals surface area contributed by atoms with Crippen LogP contribution in [-0.4, -0.2) is 30.0 Å². The molecular formula is C24H20F4N4OS. The summed E-state index contributed by atoms with van der Waals surface area (Å²) in [6.45, 7) is 2.29. The minimum Gasteiger partial charge on any atom is -0.367 e. The molecule has 2 aliphatic heterocycles. The maximum absolute atomic E-state index is 14.9. The van der Waals surface area contributed by atoms with Crippen molar-refractivity contribution in [1.82, 2.24) is 4.98 Å². The van der Waals surface area contributed by atoms with E-state index in [9.17, 15) is 22.4 Å². The van der Waals surface area contributed by atoms with Gasteiger partial charge in [0.2, 0.25) is 5.91 Å². The fraction of sp³-hybridized carbons (Fsp3) is 0.250. The lowest BCUT2D eigenvalue weighted by atomic mass is 9.96. The summed E-state index contributed by atoms with van der Waals surface area (Å²) in [5.74, 6) is -3.98. The lowest BCUT2D eigenvalue weighted by molar-refractivity contribution is -0.123. The van der Waals surface area contributed by atoms with Crippen LogP contribution in [0.4, 0.5) is 28.9 Å². The maximum Gasteiger partial charge on any atom is 0.233 e. The molecule has 5 nitrogen and oxygen atoms in total. The van der Waals surface area contributed by atoms with Crippen LogP contribution in [0.15, 0.2) is 47.6 Å². The van der Waals surface area contributed by atoms with Gasteiger partial charge in [-0.15, -0.1) is 0 Å². The number of carbonyl (C=O) groups is 1. The molecule has 1 amide bonds. The number of hydrogen-bond donors (Lipinski definition) is 1. The Balaban J connectivity index is 1.34. The highest BCUT2D eigenvalue weighted by Gasteiger charge is 2.41. The Morgan fingerprint density at radius 3 is 2.50 bits per heavy atom. The van der Waals surface area contributed by atoms with Crippen LogP contribution in [0.2, 0.25) is 0 Å². The van der Waals surface area contributed by atoms with Crippen molar-refractivity contribution in [3.05, 3.63) is 71.6 Å². The van der Waals surface area contributed by atoms with Crippen LogP contribution in [0, 0.1) is 29.2 Å². The van der Waals surface area contributed by atoms with Gasteiger partial charge in [-0.25, -0.2) is 17.6 Å². The number of fused-ring (bicyclic) bond motifs is 1. The molecule has 1 unspecified atom stereocenters. The van der Waals surface area contributed by atoms with E-state index in [2.05, 4.69) is 4.98 Å². The van der Waals surface area contributed by atoms with E-state index >= 15 is 0 Å². The molecule has 34 heavy (non-hydrogen) atoms. The Morgan fingerprint density at radius 1 is 1.03 bits per heavy atom. The van der Waals surface area contributed by atoms with Gasteiger partial charge in [0.1, 0.15) is 11.6 Å². The summed E-state index contributed by atoms with van der Waals surface area (Å²) in [6.07, 6.45) is 2.89. The Bertz CT molecular complexity index is 1300. The van der Waals surface area contributed by atoms with Gasteiger partial charge in [-0.3, -0.25) is 14.9 Å². The number of nitrogens with two attached hydrogens (primary N) is 1. The van der Waals surface area contributed by atoms with Crippen LogP contribution in [0.1, 0.15) is 12.5 Å². The fourth-order valence-electron chi connectivity index (χ4n) is 4.64. The smallest absolute Gasteiger partial charge is 0.233 e. The number of nitrogens with zero attached hydrogens (tertiary/aromatic N) is 3. The molecule has 0 bridgehead atoms. The standard InChI is InChI=1S/C24H20F4N4OS/c1-12-6-13-7-18(26)21(34-29)8-20(13)32(12)24(33)14-10-31(11-14)19-3-2-15(22(27)23(19)28)16-9-30-5-4-17(16)25/h2-5,7-9,12,14H,6,10-11,29H2,1H3. The van der Waals surface area contributed by atoms with Crippen LogP contribution < -0.4 is 14.9 Å². The third-order valence-corrected chi connectivity index (χ3v) is 6.97. The highest BCUT2D eigenvalue weighted by Crippen LogP contribution is 2.39. The Kier molecular flexibility index (Phi) is 5.73. The van der Waals surface area contributed by atoms with E-state index in [1.807, 2.05) is 6.92 Å². The number of rotatable bonds is 4. The molecule has 0 aliphatic carbocycles. The van der Waals surface area contributed by atoms with Crippen molar-refractivity contribution in [3.8, 4) is 11.1 Å². The first-order valence-electron chi connectivity index (χ1n) is 10.6. The van der Waals surface area contributed by atoms with Crippen LogP contribution >= 0.6 is 11.9 Å². The van der Waals surface area contributed by atoms with E-state index in [-0.39, 0.29) is 46.7 Å². The number of carbonyl (C=O) groups excluding carboxylic acids is 1. The van der Waals surface area contributed by atoms with Crippen molar-refractivity contribution in [3.63, 3.8) is 0 Å². The molecular weight excluding hydrogens is 468 g/mol. The van der Waals surface area contributed by atoms with Gasteiger partial charge >= 0.3 is 0 Å². The highest BCUT2D eigenvalue weighted by atomic mass is 32.2. The summed E-state index contributed by atoms with van der Waals surface area (Å²) in [5, 5.41) is 5.54.